The third kappa shape index (κ3) is 4.03. The SMILES string of the molecule is NCCc1ccc(CNC(=O)c2c(F)cccc2Cl)cc1. The van der Waals surface area contributed by atoms with Crippen molar-refractivity contribution in [3.05, 3.63) is 70.0 Å². The Kier molecular flexibility index (Phi) is 5.31. The van der Waals surface area contributed by atoms with Crippen molar-refractivity contribution in [2.24, 2.45) is 5.73 Å². The van der Waals surface area contributed by atoms with E-state index in [-0.39, 0.29) is 10.6 Å². The van der Waals surface area contributed by atoms with Crippen molar-refractivity contribution in [1.82, 2.24) is 5.32 Å². The maximum atomic E-state index is 13.6. The summed E-state index contributed by atoms with van der Waals surface area (Å²) in [5, 5.41) is 2.76. The minimum absolute atomic E-state index is 0.103. The fourth-order valence-corrected chi connectivity index (χ4v) is 2.22. The molecule has 2 aromatic carbocycles. The number of halogens is 2. The topological polar surface area (TPSA) is 55.1 Å². The minimum atomic E-state index is -0.627. The summed E-state index contributed by atoms with van der Waals surface area (Å²) >= 11 is 5.85. The lowest BCUT2D eigenvalue weighted by atomic mass is 10.1. The monoisotopic (exact) mass is 306 g/mol. The van der Waals surface area contributed by atoms with Crippen LogP contribution in [0, 0.1) is 5.82 Å². The highest BCUT2D eigenvalue weighted by Crippen LogP contribution is 2.18. The van der Waals surface area contributed by atoms with Crippen molar-refractivity contribution in [2.45, 2.75) is 13.0 Å². The molecule has 0 aliphatic rings. The molecule has 0 saturated carbocycles. The molecule has 0 heterocycles. The molecule has 21 heavy (non-hydrogen) atoms. The van der Waals surface area contributed by atoms with E-state index in [1.54, 1.807) is 0 Å². The van der Waals surface area contributed by atoms with Gasteiger partial charge in [-0.15, -0.1) is 0 Å². The van der Waals surface area contributed by atoms with Gasteiger partial charge in [-0.2, -0.15) is 0 Å². The summed E-state index contributed by atoms with van der Waals surface area (Å²) in [7, 11) is 0. The highest BCUT2D eigenvalue weighted by molar-refractivity contribution is 6.33. The molecule has 0 spiro atoms. The smallest absolute Gasteiger partial charge is 0.256 e. The molecule has 1 amide bonds. The van der Waals surface area contributed by atoms with E-state index >= 15 is 0 Å². The van der Waals surface area contributed by atoms with Crippen LogP contribution in [0.4, 0.5) is 4.39 Å². The van der Waals surface area contributed by atoms with Gasteiger partial charge in [0.05, 0.1) is 10.6 Å². The van der Waals surface area contributed by atoms with E-state index in [4.69, 9.17) is 17.3 Å². The summed E-state index contributed by atoms with van der Waals surface area (Å²) in [5.74, 6) is -1.15. The largest absolute Gasteiger partial charge is 0.348 e. The third-order valence-electron chi connectivity index (χ3n) is 3.10. The molecule has 3 N–H and O–H groups in total. The van der Waals surface area contributed by atoms with Gasteiger partial charge in [-0.1, -0.05) is 41.9 Å². The molecular weight excluding hydrogens is 291 g/mol. The Balaban J connectivity index is 2.01. The average Bonchev–Trinajstić information content (AvgIpc) is 2.47. The van der Waals surface area contributed by atoms with Gasteiger partial charge in [-0.3, -0.25) is 4.79 Å². The number of benzene rings is 2. The number of nitrogens with one attached hydrogen (secondary N) is 1. The second kappa shape index (κ2) is 7.20. The number of amides is 1. The highest BCUT2D eigenvalue weighted by atomic mass is 35.5. The Morgan fingerprint density at radius 3 is 2.43 bits per heavy atom. The zero-order chi connectivity index (χ0) is 15.2. The number of rotatable bonds is 5. The van der Waals surface area contributed by atoms with Crippen molar-refractivity contribution in [2.75, 3.05) is 6.54 Å². The number of carbonyl (C=O) groups is 1. The van der Waals surface area contributed by atoms with Crippen LogP contribution >= 0.6 is 11.6 Å². The maximum absolute atomic E-state index is 13.6. The van der Waals surface area contributed by atoms with Crippen LogP contribution in [0.2, 0.25) is 5.02 Å². The Hall–Kier alpha value is -1.91. The van der Waals surface area contributed by atoms with Gasteiger partial charge in [-0.25, -0.2) is 4.39 Å². The second-order valence-corrected chi connectivity index (χ2v) is 5.04. The van der Waals surface area contributed by atoms with Crippen molar-refractivity contribution in [3.8, 4) is 0 Å². The van der Waals surface area contributed by atoms with Crippen LogP contribution in [0.5, 0.6) is 0 Å². The predicted octanol–water partition coefficient (Wildman–Crippen LogP) is 2.91. The van der Waals surface area contributed by atoms with Crippen LogP contribution in [0.3, 0.4) is 0 Å². The molecule has 0 radical (unpaired) electrons. The Labute approximate surface area is 127 Å². The van der Waals surface area contributed by atoms with Gasteiger partial charge in [0.25, 0.3) is 5.91 Å². The average molecular weight is 307 g/mol. The Bertz CT molecular complexity index is 608. The Morgan fingerprint density at radius 2 is 1.81 bits per heavy atom. The van der Waals surface area contributed by atoms with E-state index in [9.17, 15) is 9.18 Å². The van der Waals surface area contributed by atoms with Crippen molar-refractivity contribution in [1.29, 1.82) is 0 Å². The van der Waals surface area contributed by atoms with Crippen LogP contribution < -0.4 is 11.1 Å². The predicted molar refractivity (Wildman–Crippen MR) is 81.8 cm³/mol. The first-order valence-electron chi connectivity index (χ1n) is 6.62. The first kappa shape index (κ1) is 15.5. The van der Waals surface area contributed by atoms with Gasteiger partial charge in [0, 0.05) is 6.54 Å². The number of carbonyl (C=O) groups excluding carboxylic acids is 1. The van der Waals surface area contributed by atoms with E-state index in [2.05, 4.69) is 5.32 Å². The van der Waals surface area contributed by atoms with Gasteiger partial charge >= 0.3 is 0 Å². The molecular formula is C16H16ClFN2O. The van der Waals surface area contributed by atoms with E-state index < -0.39 is 11.7 Å². The van der Waals surface area contributed by atoms with Crippen LogP contribution in [0.15, 0.2) is 42.5 Å². The molecule has 0 bridgehead atoms. The highest BCUT2D eigenvalue weighted by Gasteiger charge is 2.15. The number of hydrogen-bond acceptors (Lipinski definition) is 2. The molecule has 5 heteroatoms. The molecule has 0 aliphatic carbocycles. The first-order valence-corrected chi connectivity index (χ1v) is 6.99. The lowest BCUT2D eigenvalue weighted by Gasteiger charge is -2.08. The fourth-order valence-electron chi connectivity index (χ4n) is 1.98. The fraction of sp³-hybridized carbons (Fsp3) is 0.188. The molecule has 2 aromatic rings. The molecule has 2 rings (SSSR count). The Morgan fingerprint density at radius 1 is 1.14 bits per heavy atom. The molecule has 3 nitrogen and oxygen atoms in total. The van der Waals surface area contributed by atoms with Crippen LogP contribution in [0.1, 0.15) is 21.5 Å². The van der Waals surface area contributed by atoms with Crippen LogP contribution in [0.25, 0.3) is 0 Å². The zero-order valence-electron chi connectivity index (χ0n) is 11.4. The number of hydrogen-bond donors (Lipinski definition) is 2. The van der Waals surface area contributed by atoms with Gasteiger partial charge < -0.3 is 11.1 Å². The second-order valence-electron chi connectivity index (χ2n) is 4.63. The lowest BCUT2D eigenvalue weighted by Crippen LogP contribution is -2.24. The van der Waals surface area contributed by atoms with E-state index in [1.807, 2.05) is 24.3 Å². The van der Waals surface area contributed by atoms with Gasteiger partial charge in [-0.05, 0) is 36.2 Å². The molecule has 110 valence electrons. The molecule has 0 saturated heterocycles. The lowest BCUT2D eigenvalue weighted by molar-refractivity contribution is 0.0947. The summed E-state index contributed by atoms with van der Waals surface area (Å²) in [5.41, 5.74) is 7.43. The van der Waals surface area contributed by atoms with Gasteiger partial charge in [0.2, 0.25) is 0 Å². The van der Waals surface area contributed by atoms with E-state index in [0.29, 0.717) is 13.1 Å². The van der Waals surface area contributed by atoms with Crippen LogP contribution in [-0.2, 0) is 13.0 Å². The summed E-state index contributed by atoms with van der Waals surface area (Å²) in [4.78, 5) is 12.0. The molecule has 0 aromatic heterocycles. The maximum Gasteiger partial charge on any atom is 0.256 e. The molecule has 0 aliphatic heterocycles. The van der Waals surface area contributed by atoms with Crippen molar-refractivity contribution < 1.29 is 9.18 Å². The van der Waals surface area contributed by atoms with E-state index in [1.165, 1.54) is 18.2 Å². The molecule has 0 fully saturated rings. The standard InChI is InChI=1S/C16H16ClFN2O/c17-13-2-1-3-14(18)15(13)16(21)20-10-12-6-4-11(5-7-12)8-9-19/h1-7H,8-10,19H2,(H,20,21). The minimum Gasteiger partial charge on any atom is -0.348 e. The summed E-state index contributed by atoms with van der Waals surface area (Å²) in [6.07, 6.45) is 0.817. The zero-order valence-corrected chi connectivity index (χ0v) is 12.2. The van der Waals surface area contributed by atoms with Gasteiger partial charge in [0.15, 0.2) is 0 Å². The van der Waals surface area contributed by atoms with Gasteiger partial charge in [0.1, 0.15) is 5.82 Å². The normalized spacial score (nSPS) is 10.4. The summed E-state index contributed by atoms with van der Waals surface area (Å²) in [6.45, 7) is 0.911. The molecule has 0 unspecified atom stereocenters. The van der Waals surface area contributed by atoms with Crippen molar-refractivity contribution in [3.63, 3.8) is 0 Å². The quantitative estimate of drug-likeness (QED) is 0.892. The number of nitrogens with two attached hydrogens (primary N) is 1. The van der Waals surface area contributed by atoms with Crippen LogP contribution in [-0.4, -0.2) is 12.5 Å². The first-order chi connectivity index (χ1) is 10.1. The van der Waals surface area contributed by atoms with Crippen molar-refractivity contribution >= 4 is 17.5 Å². The molecule has 0 atom stereocenters. The summed E-state index contributed by atoms with van der Waals surface area (Å²) < 4.78 is 13.6. The van der Waals surface area contributed by atoms with E-state index in [0.717, 1.165) is 17.5 Å². The third-order valence-corrected chi connectivity index (χ3v) is 3.41. The summed E-state index contributed by atoms with van der Waals surface area (Å²) in [6, 6.07) is 11.9.